The van der Waals surface area contributed by atoms with Crippen molar-refractivity contribution in [3.8, 4) is 11.1 Å². The normalized spacial score (nSPS) is 10.0. The summed E-state index contributed by atoms with van der Waals surface area (Å²) < 4.78 is 0. The van der Waals surface area contributed by atoms with Crippen LogP contribution in [0.5, 0.6) is 0 Å². The minimum atomic E-state index is -0.229. The van der Waals surface area contributed by atoms with Crippen LogP contribution in [-0.4, -0.2) is 17.9 Å². The van der Waals surface area contributed by atoms with Crippen LogP contribution in [0.3, 0.4) is 0 Å². The van der Waals surface area contributed by atoms with Crippen molar-refractivity contribution >= 4 is 23.6 Å². The van der Waals surface area contributed by atoms with Crippen LogP contribution in [0, 0.1) is 0 Å². The third-order valence-corrected chi connectivity index (χ3v) is 2.97. The molecule has 0 aliphatic rings. The third-order valence-electron chi connectivity index (χ3n) is 2.74. The van der Waals surface area contributed by atoms with Crippen LogP contribution in [0.1, 0.15) is 16.1 Å². The summed E-state index contributed by atoms with van der Waals surface area (Å²) in [7, 11) is 1.57. The second kappa shape index (κ2) is 5.67. The standard InChI is InChI=1S/C15H13ClN2O/c1-3-10-7-12(9-18-14(10)15(19)17-2)11-5-4-6-13(16)8-11/h3-9H,1H2,2H3,(H,17,19). The maximum Gasteiger partial charge on any atom is 0.270 e. The molecular weight excluding hydrogens is 260 g/mol. The molecule has 2 aromatic rings. The first-order chi connectivity index (χ1) is 9.15. The van der Waals surface area contributed by atoms with E-state index in [1.807, 2.05) is 30.3 Å². The summed E-state index contributed by atoms with van der Waals surface area (Å²) in [6.45, 7) is 3.71. The number of carbonyl (C=O) groups excluding carboxylic acids is 1. The summed E-state index contributed by atoms with van der Waals surface area (Å²) in [5.74, 6) is -0.229. The lowest BCUT2D eigenvalue weighted by Gasteiger charge is -2.07. The van der Waals surface area contributed by atoms with Crippen LogP contribution in [-0.2, 0) is 0 Å². The van der Waals surface area contributed by atoms with Crippen molar-refractivity contribution in [2.75, 3.05) is 7.05 Å². The van der Waals surface area contributed by atoms with Crippen molar-refractivity contribution in [2.24, 2.45) is 0 Å². The number of rotatable bonds is 3. The maximum absolute atomic E-state index is 11.7. The molecule has 96 valence electrons. The minimum Gasteiger partial charge on any atom is -0.354 e. The van der Waals surface area contributed by atoms with Gasteiger partial charge in [0, 0.05) is 29.4 Å². The summed E-state index contributed by atoms with van der Waals surface area (Å²) in [6, 6.07) is 9.35. The molecule has 0 spiro atoms. The number of pyridine rings is 1. The molecule has 19 heavy (non-hydrogen) atoms. The van der Waals surface area contributed by atoms with Gasteiger partial charge in [-0.15, -0.1) is 0 Å². The summed E-state index contributed by atoms with van der Waals surface area (Å²) in [6.07, 6.45) is 3.27. The molecule has 0 radical (unpaired) electrons. The van der Waals surface area contributed by atoms with Gasteiger partial charge < -0.3 is 5.32 Å². The Hall–Kier alpha value is -2.13. The van der Waals surface area contributed by atoms with E-state index in [1.54, 1.807) is 19.3 Å². The van der Waals surface area contributed by atoms with E-state index in [0.717, 1.165) is 11.1 Å². The van der Waals surface area contributed by atoms with Gasteiger partial charge in [0.1, 0.15) is 5.69 Å². The molecule has 4 heteroatoms. The van der Waals surface area contributed by atoms with E-state index in [-0.39, 0.29) is 5.91 Å². The molecule has 0 unspecified atom stereocenters. The van der Waals surface area contributed by atoms with Crippen molar-refractivity contribution in [2.45, 2.75) is 0 Å². The highest BCUT2D eigenvalue weighted by atomic mass is 35.5. The number of nitrogens with zero attached hydrogens (tertiary/aromatic N) is 1. The van der Waals surface area contributed by atoms with Gasteiger partial charge in [0.05, 0.1) is 0 Å². The molecule has 0 saturated carbocycles. The van der Waals surface area contributed by atoms with Crippen LogP contribution >= 0.6 is 11.6 Å². The average molecular weight is 273 g/mol. The van der Waals surface area contributed by atoms with Gasteiger partial charge >= 0.3 is 0 Å². The van der Waals surface area contributed by atoms with E-state index in [1.165, 1.54) is 0 Å². The zero-order valence-electron chi connectivity index (χ0n) is 10.5. The smallest absolute Gasteiger partial charge is 0.270 e. The van der Waals surface area contributed by atoms with E-state index < -0.39 is 0 Å². The SMILES string of the molecule is C=Cc1cc(-c2cccc(Cl)c2)cnc1C(=O)NC. The Morgan fingerprint density at radius 1 is 1.37 bits per heavy atom. The summed E-state index contributed by atoms with van der Waals surface area (Å²) in [5, 5.41) is 3.21. The lowest BCUT2D eigenvalue weighted by atomic mass is 10.0. The third kappa shape index (κ3) is 2.83. The van der Waals surface area contributed by atoms with Crippen LogP contribution in [0.25, 0.3) is 17.2 Å². The maximum atomic E-state index is 11.7. The predicted molar refractivity (Wildman–Crippen MR) is 78.2 cm³/mol. The highest BCUT2D eigenvalue weighted by Crippen LogP contribution is 2.24. The fraction of sp³-hybridized carbons (Fsp3) is 0.0667. The molecule has 0 aliphatic carbocycles. The predicted octanol–water partition coefficient (Wildman–Crippen LogP) is 3.40. The fourth-order valence-electron chi connectivity index (χ4n) is 1.77. The largest absolute Gasteiger partial charge is 0.354 e. The van der Waals surface area contributed by atoms with E-state index in [4.69, 9.17) is 11.6 Å². The lowest BCUT2D eigenvalue weighted by Crippen LogP contribution is -2.20. The Bertz CT molecular complexity index is 638. The Labute approximate surface area is 116 Å². The number of benzene rings is 1. The molecule has 0 atom stereocenters. The molecule has 0 fully saturated rings. The molecule has 1 aromatic carbocycles. The number of amides is 1. The summed E-state index contributed by atoms with van der Waals surface area (Å²) in [4.78, 5) is 15.9. The van der Waals surface area contributed by atoms with E-state index in [0.29, 0.717) is 16.3 Å². The van der Waals surface area contributed by atoms with Crippen LogP contribution in [0.15, 0.2) is 43.1 Å². The van der Waals surface area contributed by atoms with Crippen molar-refractivity contribution in [1.82, 2.24) is 10.3 Å². The Kier molecular flexibility index (Phi) is 3.97. The first-order valence-electron chi connectivity index (χ1n) is 5.76. The number of hydrogen-bond donors (Lipinski definition) is 1. The quantitative estimate of drug-likeness (QED) is 0.930. The number of halogens is 1. The lowest BCUT2D eigenvalue weighted by molar-refractivity contribution is 0.0958. The summed E-state index contributed by atoms with van der Waals surface area (Å²) in [5.41, 5.74) is 2.90. The highest BCUT2D eigenvalue weighted by molar-refractivity contribution is 6.30. The van der Waals surface area contributed by atoms with Crippen molar-refractivity contribution in [1.29, 1.82) is 0 Å². The highest BCUT2D eigenvalue weighted by Gasteiger charge is 2.11. The van der Waals surface area contributed by atoms with E-state index in [2.05, 4.69) is 16.9 Å². The van der Waals surface area contributed by atoms with Gasteiger partial charge in [-0.05, 0) is 23.8 Å². The molecule has 2 rings (SSSR count). The van der Waals surface area contributed by atoms with Gasteiger partial charge in [-0.1, -0.05) is 36.4 Å². The van der Waals surface area contributed by atoms with Gasteiger partial charge in [-0.2, -0.15) is 0 Å². The Morgan fingerprint density at radius 2 is 2.16 bits per heavy atom. The van der Waals surface area contributed by atoms with Crippen LogP contribution in [0.2, 0.25) is 5.02 Å². The Balaban J connectivity index is 2.50. The van der Waals surface area contributed by atoms with Crippen molar-refractivity contribution in [3.05, 3.63) is 59.4 Å². The van der Waals surface area contributed by atoms with Crippen molar-refractivity contribution < 1.29 is 4.79 Å². The molecule has 1 aromatic heterocycles. The van der Waals surface area contributed by atoms with E-state index >= 15 is 0 Å². The Morgan fingerprint density at radius 3 is 2.79 bits per heavy atom. The molecule has 0 bridgehead atoms. The van der Waals surface area contributed by atoms with Gasteiger partial charge in [-0.3, -0.25) is 4.79 Å². The second-order valence-electron chi connectivity index (χ2n) is 3.96. The average Bonchev–Trinajstić information content (AvgIpc) is 2.45. The molecule has 0 aliphatic heterocycles. The molecule has 0 saturated heterocycles. The topological polar surface area (TPSA) is 42.0 Å². The number of carbonyl (C=O) groups is 1. The monoisotopic (exact) mass is 272 g/mol. The molecule has 3 nitrogen and oxygen atoms in total. The summed E-state index contributed by atoms with van der Waals surface area (Å²) >= 11 is 5.97. The number of nitrogens with one attached hydrogen (secondary N) is 1. The number of aromatic nitrogens is 1. The first-order valence-corrected chi connectivity index (χ1v) is 6.14. The zero-order valence-corrected chi connectivity index (χ0v) is 11.2. The molecular formula is C15H13ClN2O. The molecule has 1 N–H and O–H groups in total. The minimum absolute atomic E-state index is 0.229. The second-order valence-corrected chi connectivity index (χ2v) is 4.39. The van der Waals surface area contributed by atoms with Gasteiger partial charge in [0.2, 0.25) is 0 Å². The van der Waals surface area contributed by atoms with Crippen LogP contribution in [0.4, 0.5) is 0 Å². The zero-order chi connectivity index (χ0) is 13.8. The molecule has 1 heterocycles. The van der Waals surface area contributed by atoms with Crippen molar-refractivity contribution in [3.63, 3.8) is 0 Å². The van der Waals surface area contributed by atoms with Gasteiger partial charge in [-0.25, -0.2) is 4.98 Å². The number of hydrogen-bond acceptors (Lipinski definition) is 2. The van der Waals surface area contributed by atoms with Crippen LogP contribution < -0.4 is 5.32 Å². The fourth-order valence-corrected chi connectivity index (χ4v) is 1.96. The van der Waals surface area contributed by atoms with E-state index in [9.17, 15) is 4.79 Å². The van der Waals surface area contributed by atoms with Gasteiger partial charge in [0.25, 0.3) is 5.91 Å². The first kappa shape index (κ1) is 13.3. The molecule has 1 amide bonds. The van der Waals surface area contributed by atoms with Gasteiger partial charge in [0.15, 0.2) is 0 Å².